The van der Waals surface area contributed by atoms with E-state index in [1.807, 2.05) is 0 Å². The Bertz CT molecular complexity index is 532. The number of anilines is 1. The van der Waals surface area contributed by atoms with E-state index >= 15 is 0 Å². The van der Waals surface area contributed by atoms with Crippen molar-refractivity contribution in [1.82, 2.24) is 0 Å². The van der Waals surface area contributed by atoms with Crippen molar-refractivity contribution in [3.8, 4) is 0 Å². The summed E-state index contributed by atoms with van der Waals surface area (Å²) in [6, 6.07) is 5.01. The third-order valence-electron chi connectivity index (χ3n) is 1.99. The number of furan rings is 1. The molecule has 0 aliphatic carbocycles. The molecule has 1 heterocycles. The van der Waals surface area contributed by atoms with E-state index in [1.54, 1.807) is 0 Å². The van der Waals surface area contributed by atoms with Gasteiger partial charge in [0.05, 0.1) is 6.26 Å². The Labute approximate surface area is 104 Å². The summed E-state index contributed by atoms with van der Waals surface area (Å²) >= 11 is 2.94. The SMILES string of the molecule is O=C(Nc1c(F)cc(Br)cc1F)c1ccco1. The molecule has 0 saturated carbocycles. The molecule has 0 spiro atoms. The molecule has 1 aromatic carbocycles. The van der Waals surface area contributed by atoms with Gasteiger partial charge in [-0.25, -0.2) is 8.78 Å². The van der Waals surface area contributed by atoms with E-state index in [0.717, 1.165) is 12.1 Å². The average Bonchev–Trinajstić information content (AvgIpc) is 2.76. The molecule has 1 amide bonds. The van der Waals surface area contributed by atoms with Gasteiger partial charge in [-0.15, -0.1) is 0 Å². The molecule has 1 N–H and O–H groups in total. The molecule has 6 heteroatoms. The number of benzene rings is 1. The Morgan fingerprint density at radius 2 is 1.94 bits per heavy atom. The van der Waals surface area contributed by atoms with Crippen molar-refractivity contribution < 1.29 is 18.0 Å². The van der Waals surface area contributed by atoms with Gasteiger partial charge in [0, 0.05) is 4.47 Å². The van der Waals surface area contributed by atoms with Gasteiger partial charge in [0.15, 0.2) is 17.4 Å². The first-order chi connectivity index (χ1) is 8.08. The van der Waals surface area contributed by atoms with E-state index in [1.165, 1.54) is 18.4 Å². The zero-order valence-electron chi connectivity index (χ0n) is 8.34. The van der Waals surface area contributed by atoms with Crippen molar-refractivity contribution in [3.63, 3.8) is 0 Å². The van der Waals surface area contributed by atoms with Crippen molar-refractivity contribution in [2.75, 3.05) is 5.32 Å². The van der Waals surface area contributed by atoms with Crippen LogP contribution in [0.25, 0.3) is 0 Å². The number of hydrogen-bond donors (Lipinski definition) is 1. The lowest BCUT2D eigenvalue weighted by molar-refractivity contribution is 0.0995. The molecule has 3 nitrogen and oxygen atoms in total. The maximum Gasteiger partial charge on any atom is 0.291 e. The van der Waals surface area contributed by atoms with Crippen LogP contribution in [0, 0.1) is 11.6 Å². The van der Waals surface area contributed by atoms with Crippen LogP contribution >= 0.6 is 15.9 Å². The van der Waals surface area contributed by atoms with Crippen molar-refractivity contribution in [3.05, 3.63) is 52.4 Å². The minimum atomic E-state index is -0.864. The second-order valence-corrected chi connectivity index (χ2v) is 4.09. The quantitative estimate of drug-likeness (QED) is 0.921. The van der Waals surface area contributed by atoms with Gasteiger partial charge >= 0.3 is 0 Å². The fraction of sp³-hybridized carbons (Fsp3) is 0. The molecule has 0 aliphatic rings. The summed E-state index contributed by atoms with van der Waals surface area (Å²) in [7, 11) is 0. The van der Waals surface area contributed by atoms with Crippen molar-refractivity contribution in [2.45, 2.75) is 0 Å². The number of hydrogen-bond acceptors (Lipinski definition) is 2. The maximum absolute atomic E-state index is 13.4. The van der Waals surface area contributed by atoms with Crippen molar-refractivity contribution in [2.24, 2.45) is 0 Å². The summed E-state index contributed by atoms with van der Waals surface area (Å²) in [6.07, 6.45) is 1.29. The smallest absolute Gasteiger partial charge is 0.291 e. The number of halogens is 3. The van der Waals surface area contributed by atoms with Gasteiger partial charge in [-0.1, -0.05) is 15.9 Å². The largest absolute Gasteiger partial charge is 0.459 e. The topological polar surface area (TPSA) is 42.2 Å². The lowest BCUT2D eigenvalue weighted by Crippen LogP contribution is -2.13. The van der Waals surface area contributed by atoms with Gasteiger partial charge in [0.2, 0.25) is 0 Å². The summed E-state index contributed by atoms with van der Waals surface area (Å²) in [5, 5.41) is 2.10. The Hall–Kier alpha value is -1.69. The Morgan fingerprint density at radius 1 is 1.29 bits per heavy atom. The van der Waals surface area contributed by atoms with Crippen LogP contribution in [0.3, 0.4) is 0 Å². The third kappa shape index (κ3) is 2.52. The van der Waals surface area contributed by atoms with Crippen LogP contribution in [-0.4, -0.2) is 5.91 Å². The molecule has 0 radical (unpaired) electrons. The standard InChI is InChI=1S/C11H6BrF2NO2/c12-6-4-7(13)10(8(14)5-6)15-11(16)9-2-1-3-17-9/h1-5H,(H,15,16). The van der Waals surface area contributed by atoms with Crippen LogP contribution in [0.1, 0.15) is 10.6 Å². The second kappa shape index (κ2) is 4.67. The molecule has 2 aromatic rings. The van der Waals surface area contributed by atoms with Crippen LogP contribution in [0.4, 0.5) is 14.5 Å². The highest BCUT2D eigenvalue weighted by Crippen LogP contribution is 2.24. The Kier molecular flexibility index (Phi) is 3.23. The number of nitrogens with one attached hydrogen (secondary N) is 1. The zero-order valence-corrected chi connectivity index (χ0v) is 9.92. The molecule has 0 atom stereocenters. The molecule has 0 fully saturated rings. The van der Waals surface area contributed by atoms with E-state index in [9.17, 15) is 13.6 Å². The van der Waals surface area contributed by atoms with Gasteiger partial charge in [-0.2, -0.15) is 0 Å². The lowest BCUT2D eigenvalue weighted by Gasteiger charge is -2.06. The number of rotatable bonds is 2. The number of amides is 1. The molecule has 1 aromatic heterocycles. The Balaban J connectivity index is 2.28. The summed E-state index contributed by atoms with van der Waals surface area (Å²) in [4.78, 5) is 11.5. The Morgan fingerprint density at radius 3 is 2.47 bits per heavy atom. The normalized spacial score (nSPS) is 10.3. The molecule has 0 saturated heterocycles. The molecule has 0 bridgehead atoms. The van der Waals surface area contributed by atoms with E-state index < -0.39 is 23.2 Å². The minimum absolute atomic E-state index is 0.0216. The van der Waals surface area contributed by atoms with Gasteiger partial charge in [-0.3, -0.25) is 4.79 Å². The first kappa shape index (κ1) is 11.8. The average molecular weight is 302 g/mol. The van der Waals surface area contributed by atoms with Crippen molar-refractivity contribution >= 4 is 27.5 Å². The third-order valence-corrected chi connectivity index (χ3v) is 2.45. The fourth-order valence-electron chi connectivity index (χ4n) is 1.24. The molecule has 17 heavy (non-hydrogen) atoms. The van der Waals surface area contributed by atoms with E-state index in [4.69, 9.17) is 4.42 Å². The minimum Gasteiger partial charge on any atom is -0.459 e. The van der Waals surface area contributed by atoms with Crippen LogP contribution in [-0.2, 0) is 0 Å². The number of carbonyl (C=O) groups is 1. The van der Waals surface area contributed by atoms with Gasteiger partial charge in [0.1, 0.15) is 5.69 Å². The first-order valence-electron chi connectivity index (χ1n) is 4.57. The highest BCUT2D eigenvalue weighted by Gasteiger charge is 2.16. The van der Waals surface area contributed by atoms with Gasteiger partial charge in [0.25, 0.3) is 5.91 Å². The van der Waals surface area contributed by atoms with Gasteiger partial charge < -0.3 is 9.73 Å². The predicted molar refractivity (Wildman–Crippen MR) is 60.7 cm³/mol. The molecule has 2 rings (SSSR count). The molecular weight excluding hydrogens is 296 g/mol. The molecular formula is C11H6BrF2NO2. The van der Waals surface area contributed by atoms with E-state index in [0.29, 0.717) is 0 Å². The highest BCUT2D eigenvalue weighted by atomic mass is 79.9. The predicted octanol–water partition coefficient (Wildman–Crippen LogP) is 3.57. The second-order valence-electron chi connectivity index (χ2n) is 3.18. The zero-order chi connectivity index (χ0) is 12.4. The van der Waals surface area contributed by atoms with Crippen LogP contribution in [0.15, 0.2) is 39.4 Å². The molecule has 0 aliphatic heterocycles. The number of carbonyl (C=O) groups excluding carboxylic acids is 1. The van der Waals surface area contributed by atoms with Crippen LogP contribution in [0.5, 0.6) is 0 Å². The fourth-order valence-corrected chi connectivity index (χ4v) is 1.65. The van der Waals surface area contributed by atoms with Gasteiger partial charge in [-0.05, 0) is 24.3 Å². The highest BCUT2D eigenvalue weighted by molar-refractivity contribution is 9.10. The lowest BCUT2D eigenvalue weighted by atomic mass is 10.3. The first-order valence-corrected chi connectivity index (χ1v) is 5.36. The summed E-state index contributed by atoms with van der Waals surface area (Å²) in [5.74, 6) is -2.46. The molecule has 88 valence electrons. The van der Waals surface area contributed by atoms with Crippen molar-refractivity contribution in [1.29, 1.82) is 0 Å². The van der Waals surface area contributed by atoms with Crippen LogP contribution < -0.4 is 5.32 Å². The van der Waals surface area contributed by atoms with Crippen LogP contribution in [0.2, 0.25) is 0 Å². The summed E-state index contributed by atoms with van der Waals surface area (Å²) in [6.45, 7) is 0. The summed E-state index contributed by atoms with van der Waals surface area (Å²) < 4.78 is 31.9. The summed E-state index contributed by atoms with van der Waals surface area (Å²) in [5.41, 5.74) is -0.505. The maximum atomic E-state index is 13.4. The van der Waals surface area contributed by atoms with E-state index in [-0.39, 0.29) is 10.2 Å². The molecule has 0 unspecified atom stereocenters. The van der Waals surface area contributed by atoms with E-state index in [2.05, 4.69) is 21.2 Å². The monoisotopic (exact) mass is 301 g/mol.